The van der Waals surface area contributed by atoms with E-state index in [4.69, 9.17) is 14.9 Å². The molecule has 1 aliphatic heterocycles. The molecular weight excluding hydrogens is 552 g/mol. The van der Waals surface area contributed by atoms with Gasteiger partial charge in [-0.1, -0.05) is 18.3 Å². The monoisotopic (exact) mass is 581 g/mol. The van der Waals surface area contributed by atoms with E-state index in [0.717, 1.165) is 50.4 Å². The van der Waals surface area contributed by atoms with Crippen LogP contribution in [0.4, 0.5) is 0 Å². The largest absolute Gasteiger partial charge is 2.00 e. The van der Waals surface area contributed by atoms with Crippen molar-refractivity contribution in [2.45, 2.75) is 82.0 Å². The van der Waals surface area contributed by atoms with Gasteiger partial charge in [-0.05, 0) is 39.0 Å². The van der Waals surface area contributed by atoms with Crippen LogP contribution in [0.25, 0.3) is 0 Å². The second-order valence-electron chi connectivity index (χ2n) is 9.05. The van der Waals surface area contributed by atoms with Crippen LogP contribution in [0.15, 0.2) is 12.7 Å². The summed E-state index contributed by atoms with van der Waals surface area (Å²) in [5.41, 5.74) is -0.0189. The molecule has 0 radical (unpaired) electrons. The average Bonchev–Trinajstić information content (AvgIpc) is 3.23. The number of nitrogens with one attached hydrogen (secondary N) is 1. The first kappa shape index (κ1) is 20.6. The average molecular weight is 581 g/mol. The smallest absolute Gasteiger partial charge is 0.462 e. The molecule has 5 atom stereocenters. The molecule has 4 bridgehead atoms. The maximum Gasteiger partial charge on any atom is 2.00 e. The van der Waals surface area contributed by atoms with Crippen molar-refractivity contribution in [2.75, 3.05) is 0 Å². The number of ether oxygens (including phenoxy) is 2. The molecule has 6 fully saturated rings. The first-order valence-corrected chi connectivity index (χ1v) is 9.73. The van der Waals surface area contributed by atoms with Crippen LogP contribution in [0.1, 0.15) is 64.7 Å². The number of hydrogen-bond donors (Lipinski definition) is 1. The quantitative estimate of drug-likeness (QED) is 0.236. The van der Waals surface area contributed by atoms with E-state index in [9.17, 15) is 4.79 Å². The Labute approximate surface area is 180 Å². The summed E-state index contributed by atoms with van der Waals surface area (Å²) in [6, 6.07) is 0. The molecule has 1 heterocycles. The fourth-order valence-electron chi connectivity index (χ4n) is 6.00. The first-order chi connectivity index (χ1) is 12.0. The molecule has 5 aliphatic carbocycles. The molecule has 0 amide bonds. The summed E-state index contributed by atoms with van der Waals surface area (Å²) in [7, 11) is 0. The number of carbonyl (C=O) groups is 1. The van der Waals surface area contributed by atoms with Gasteiger partial charge in [-0.3, -0.25) is 4.79 Å². The van der Waals surface area contributed by atoms with Crippen LogP contribution in [0.2, 0.25) is 0 Å². The van der Waals surface area contributed by atoms with Crippen LogP contribution in [-0.2, 0) is 14.3 Å². The predicted octanol–water partition coefficient (Wildman–Crippen LogP) is 4.11. The van der Waals surface area contributed by atoms with Crippen molar-refractivity contribution in [2.24, 2.45) is 17.8 Å². The summed E-state index contributed by atoms with van der Waals surface area (Å²) in [6.45, 7) is 5.36. The molecule has 1 N–H and O–H groups in total. The Morgan fingerprint density at radius 1 is 1.35 bits per heavy atom. The topological polar surface area (TPSA) is 62.7 Å². The number of epoxide rings is 1. The minimum atomic E-state index is -0.109. The molecule has 5 saturated carbocycles. The Balaban J connectivity index is 0.000000360. The zero-order valence-corrected chi connectivity index (χ0v) is 19.8. The molecule has 5 unspecified atom stereocenters. The molecule has 1 saturated heterocycles. The molecule has 6 aliphatic rings. The number of allylic oxidation sites excluding steroid dienone is 1. The van der Waals surface area contributed by atoms with Gasteiger partial charge in [0, 0.05) is 0 Å². The van der Waals surface area contributed by atoms with Crippen molar-refractivity contribution in [3.8, 4) is 0 Å². The molecule has 4 nitrogen and oxygen atoms in total. The summed E-state index contributed by atoms with van der Waals surface area (Å²) < 4.78 is 11.9. The van der Waals surface area contributed by atoms with E-state index in [1.165, 1.54) is 25.3 Å². The van der Waals surface area contributed by atoms with Gasteiger partial charge in [0.2, 0.25) is 0 Å². The van der Waals surface area contributed by atoms with Crippen LogP contribution >= 0.6 is 0 Å². The standard InChI is InChI=1S/C18H25O3.C3H4N.U/c1-17-3-2-14(7-15(17)20-17)16(19)21-18-8-11-4-12(9-18)6-13(5-11)10-18;1-2-3-4;/h11-12,14-15H,2-10H2,1H3;2,4H,1H2;/q2*-1;+2. The maximum absolute atomic E-state index is 12.7. The summed E-state index contributed by atoms with van der Waals surface area (Å²) in [4.78, 5) is 12.7. The van der Waals surface area contributed by atoms with Gasteiger partial charge in [-0.2, -0.15) is 19.1 Å². The number of fused-ring (bicyclic) bond motifs is 1. The third-order valence-electron chi connectivity index (χ3n) is 6.99. The second-order valence-corrected chi connectivity index (χ2v) is 9.05. The Kier molecular flexibility index (Phi) is 6.13. The fourth-order valence-corrected chi connectivity index (χ4v) is 6.00. The minimum absolute atomic E-state index is 0. The molecule has 0 aromatic carbocycles. The van der Waals surface area contributed by atoms with Crippen LogP contribution < -0.4 is 0 Å². The van der Waals surface area contributed by atoms with Gasteiger partial charge in [-0.25, -0.2) is 12.7 Å². The fraction of sp³-hybridized carbons (Fsp3) is 0.762. The summed E-state index contributed by atoms with van der Waals surface area (Å²) in [6.07, 6.45) is 13.7. The number of esters is 1. The summed E-state index contributed by atoms with van der Waals surface area (Å²) >= 11 is 0. The Morgan fingerprint density at radius 3 is 2.54 bits per heavy atom. The maximum atomic E-state index is 12.7. The van der Waals surface area contributed by atoms with E-state index in [1.807, 2.05) is 6.21 Å². The van der Waals surface area contributed by atoms with Crippen LogP contribution in [0.3, 0.4) is 0 Å². The van der Waals surface area contributed by atoms with Gasteiger partial charge < -0.3 is 20.8 Å². The zero-order chi connectivity index (χ0) is 17.7. The molecule has 0 aromatic heterocycles. The SMILES string of the molecule is C=C[C-]=N.CC12CCC(C(=O)OC34C[C-]5CC(CC(C5)C3)C4)CC1O2.[U+2]. The third-order valence-corrected chi connectivity index (χ3v) is 6.99. The van der Waals surface area contributed by atoms with Crippen molar-refractivity contribution < 1.29 is 45.4 Å². The van der Waals surface area contributed by atoms with E-state index < -0.39 is 0 Å². The van der Waals surface area contributed by atoms with E-state index in [0.29, 0.717) is 6.10 Å². The van der Waals surface area contributed by atoms with E-state index in [-0.39, 0.29) is 54.2 Å². The van der Waals surface area contributed by atoms with Crippen LogP contribution in [0, 0.1) is 60.2 Å². The molecule has 140 valence electrons. The van der Waals surface area contributed by atoms with Gasteiger partial charge >= 0.3 is 37.1 Å². The van der Waals surface area contributed by atoms with Crippen molar-refractivity contribution in [1.29, 1.82) is 5.41 Å². The van der Waals surface area contributed by atoms with Gasteiger partial charge in [0.15, 0.2) is 0 Å². The number of carbonyl (C=O) groups excluding carboxylic acids is 1. The Hall–Kier alpha value is -0.108. The number of rotatable bonds is 3. The molecule has 5 heteroatoms. The van der Waals surface area contributed by atoms with Crippen molar-refractivity contribution >= 4 is 12.2 Å². The van der Waals surface area contributed by atoms with Gasteiger partial charge in [0.05, 0.1) is 23.2 Å². The molecule has 0 spiro atoms. The normalized spacial score (nSPS) is 44.7. The Morgan fingerprint density at radius 2 is 2.00 bits per heavy atom. The summed E-state index contributed by atoms with van der Waals surface area (Å²) in [5.74, 6) is 3.45. The predicted molar refractivity (Wildman–Crippen MR) is 95.3 cm³/mol. The third kappa shape index (κ3) is 4.01. The molecule has 26 heavy (non-hydrogen) atoms. The summed E-state index contributed by atoms with van der Waals surface area (Å²) in [5, 5.41) is 6.08. The molecular formula is C21H29NO3U. The van der Waals surface area contributed by atoms with Crippen LogP contribution in [0.5, 0.6) is 0 Å². The number of hydrogen-bond acceptors (Lipinski definition) is 4. The van der Waals surface area contributed by atoms with Crippen molar-refractivity contribution in [1.82, 2.24) is 0 Å². The molecule has 6 rings (SSSR count). The van der Waals surface area contributed by atoms with Gasteiger partial charge in [0.1, 0.15) is 0 Å². The van der Waals surface area contributed by atoms with Crippen molar-refractivity contribution in [3.63, 3.8) is 0 Å². The first-order valence-electron chi connectivity index (χ1n) is 9.73. The zero-order valence-electron chi connectivity index (χ0n) is 15.7. The molecule has 0 aromatic rings. The van der Waals surface area contributed by atoms with Gasteiger partial charge in [0.25, 0.3) is 0 Å². The van der Waals surface area contributed by atoms with Gasteiger partial charge in [-0.15, -0.1) is 6.42 Å². The minimum Gasteiger partial charge on any atom is -0.462 e. The van der Waals surface area contributed by atoms with E-state index in [1.54, 1.807) is 5.92 Å². The van der Waals surface area contributed by atoms with Crippen LogP contribution in [-0.4, -0.2) is 29.5 Å². The van der Waals surface area contributed by atoms with E-state index in [2.05, 4.69) is 13.5 Å². The Bertz CT molecular complexity index is 536. The van der Waals surface area contributed by atoms with Crippen molar-refractivity contribution in [3.05, 3.63) is 18.6 Å². The second kappa shape index (κ2) is 7.72. The van der Waals surface area contributed by atoms with E-state index >= 15 is 0 Å².